The second-order valence-electron chi connectivity index (χ2n) is 8.41. The number of ether oxygens (including phenoxy) is 2. The highest BCUT2D eigenvalue weighted by molar-refractivity contribution is 9.10. The van der Waals surface area contributed by atoms with Crippen molar-refractivity contribution in [3.63, 3.8) is 0 Å². The largest absolute Gasteiger partial charge is 0.494 e. The topological polar surface area (TPSA) is 80.2 Å². The lowest BCUT2D eigenvalue weighted by molar-refractivity contribution is -0.126. The van der Waals surface area contributed by atoms with Crippen molar-refractivity contribution in [1.29, 1.82) is 0 Å². The van der Waals surface area contributed by atoms with Crippen LogP contribution in [0.2, 0.25) is 0 Å². The first kappa shape index (κ1) is 25.8. The Bertz CT molecular complexity index is 1240. The highest BCUT2D eigenvalue weighted by atomic mass is 79.9. The van der Waals surface area contributed by atoms with Crippen molar-refractivity contribution in [2.75, 3.05) is 19.8 Å². The number of carbonyl (C=O) groups is 1. The maximum atomic E-state index is 14.1. The Morgan fingerprint density at radius 3 is 2.56 bits per heavy atom. The molecule has 3 aromatic carbocycles. The molecule has 0 spiro atoms. The first-order valence-electron chi connectivity index (χ1n) is 11.4. The molecule has 1 aliphatic rings. The lowest BCUT2D eigenvalue weighted by Crippen LogP contribution is -2.48. The summed E-state index contributed by atoms with van der Waals surface area (Å²) in [5.41, 5.74) is 0.459. The summed E-state index contributed by atoms with van der Waals surface area (Å²) in [4.78, 5) is 18.1. The van der Waals surface area contributed by atoms with Gasteiger partial charge in [0.1, 0.15) is 24.0 Å². The number of amides is 1. The predicted molar refractivity (Wildman–Crippen MR) is 135 cm³/mol. The third-order valence-corrected chi connectivity index (χ3v) is 6.25. The van der Waals surface area contributed by atoms with Crippen molar-refractivity contribution in [3.8, 4) is 5.75 Å². The van der Waals surface area contributed by atoms with Gasteiger partial charge in [0.15, 0.2) is 5.54 Å². The van der Waals surface area contributed by atoms with E-state index in [9.17, 15) is 13.6 Å². The number of halogens is 3. The van der Waals surface area contributed by atoms with Crippen molar-refractivity contribution in [2.45, 2.75) is 24.9 Å². The van der Waals surface area contributed by atoms with Gasteiger partial charge in [0.25, 0.3) is 5.91 Å². The summed E-state index contributed by atoms with van der Waals surface area (Å²) in [7, 11) is 0. The fourth-order valence-corrected chi connectivity index (χ4v) is 4.04. The van der Waals surface area contributed by atoms with Gasteiger partial charge in [0.2, 0.25) is 5.90 Å². The number of aliphatic imine (C=N–C) groups is 1. The third-order valence-electron chi connectivity index (χ3n) is 5.72. The Hall–Kier alpha value is -3.30. The molecule has 9 heteroatoms. The van der Waals surface area contributed by atoms with Crippen molar-refractivity contribution in [3.05, 3.63) is 99.5 Å². The Kier molecular flexibility index (Phi) is 8.32. The van der Waals surface area contributed by atoms with Gasteiger partial charge < -0.3 is 19.9 Å². The van der Waals surface area contributed by atoms with Gasteiger partial charge >= 0.3 is 0 Å². The van der Waals surface area contributed by atoms with Gasteiger partial charge in [0, 0.05) is 47.7 Å². The number of benzene rings is 3. The van der Waals surface area contributed by atoms with Crippen LogP contribution in [0.1, 0.15) is 23.1 Å². The second kappa shape index (κ2) is 11.6. The molecule has 1 atom stereocenters. The van der Waals surface area contributed by atoms with Gasteiger partial charge in [-0.15, -0.1) is 0 Å². The molecule has 36 heavy (non-hydrogen) atoms. The van der Waals surface area contributed by atoms with Gasteiger partial charge in [-0.05, 0) is 48.0 Å². The first-order chi connectivity index (χ1) is 17.4. The molecule has 4 rings (SSSR count). The molecule has 0 fully saturated rings. The molecule has 0 saturated carbocycles. The van der Waals surface area contributed by atoms with Crippen LogP contribution in [0.15, 0.2) is 76.2 Å². The Morgan fingerprint density at radius 1 is 1.11 bits per heavy atom. The van der Waals surface area contributed by atoms with E-state index >= 15 is 0 Å². The zero-order valence-electron chi connectivity index (χ0n) is 19.3. The zero-order chi connectivity index (χ0) is 25.5. The average molecular weight is 559 g/mol. The second-order valence-corrected chi connectivity index (χ2v) is 9.32. The molecule has 2 N–H and O–H groups in total. The number of hydrogen-bond donors (Lipinski definition) is 2. The van der Waals surface area contributed by atoms with Crippen LogP contribution in [0.5, 0.6) is 5.75 Å². The molecule has 0 unspecified atom stereocenters. The highest BCUT2D eigenvalue weighted by Gasteiger charge is 2.44. The standard InChI is InChI=1S/C27H25BrF2N2O4/c28-21-7-2-18(3-8-21)15-27(26(34)31-16-20-4-9-22(29)14-24(20)30)17-36-25(32-27)19-5-10-23(11-6-19)35-13-1-12-33/h2-11,14,33H,1,12-13,15-17H2,(H,31,34)/t27-/m1/s1. The number of nitrogens with one attached hydrogen (secondary N) is 1. The van der Waals surface area contributed by atoms with Crippen LogP contribution in [0.3, 0.4) is 0 Å². The summed E-state index contributed by atoms with van der Waals surface area (Å²) in [6.07, 6.45) is 0.803. The minimum atomic E-state index is -1.27. The van der Waals surface area contributed by atoms with Crippen molar-refractivity contribution in [2.24, 2.45) is 4.99 Å². The van der Waals surface area contributed by atoms with E-state index in [2.05, 4.69) is 21.2 Å². The number of hydrogen-bond acceptors (Lipinski definition) is 5. The molecule has 0 aromatic heterocycles. The lowest BCUT2D eigenvalue weighted by Gasteiger charge is -2.23. The lowest BCUT2D eigenvalue weighted by atomic mass is 9.91. The summed E-state index contributed by atoms with van der Waals surface area (Å²) in [6, 6.07) is 17.9. The molecule has 188 valence electrons. The van der Waals surface area contributed by atoms with Crippen LogP contribution in [0, 0.1) is 11.6 Å². The number of nitrogens with zero attached hydrogens (tertiary/aromatic N) is 1. The van der Waals surface area contributed by atoms with Crippen LogP contribution in [-0.4, -0.2) is 42.3 Å². The van der Waals surface area contributed by atoms with Gasteiger partial charge in [-0.3, -0.25) is 4.79 Å². The minimum Gasteiger partial charge on any atom is -0.494 e. The molecule has 0 aliphatic carbocycles. The predicted octanol–water partition coefficient (Wildman–Crippen LogP) is 4.56. The average Bonchev–Trinajstić information content (AvgIpc) is 3.30. The Labute approximate surface area is 216 Å². The highest BCUT2D eigenvalue weighted by Crippen LogP contribution is 2.28. The first-order valence-corrected chi connectivity index (χ1v) is 12.2. The molecular weight excluding hydrogens is 534 g/mol. The summed E-state index contributed by atoms with van der Waals surface area (Å²) in [5, 5.41) is 11.6. The third kappa shape index (κ3) is 6.27. The number of rotatable bonds is 10. The number of aliphatic hydroxyl groups excluding tert-OH is 1. The minimum absolute atomic E-state index is 0.00484. The smallest absolute Gasteiger partial charge is 0.252 e. The molecule has 3 aromatic rings. The molecule has 0 saturated heterocycles. The summed E-state index contributed by atoms with van der Waals surface area (Å²) < 4.78 is 39.7. The molecule has 1 heterocycles. The quantitative estimate of drug-likeness (QED) is 0.357. The Balaban J connectivity index is 1.56. The normalized spacial score (nSPS) is 16.8. The molecule has 1 aliphatic heterocycles. The molecule has 0 radical (unpaired) electrons. The molecule has 6 nitrogen and oxygen atoms in total. The van der Waals surface area contributed by atoms with Crippen LogP contribution >= 0.6 is 15.9 Å². The fraction of sp³-hybridized carbons (Fsp3) is 0.259. The fourth-order valence-electron chi connectivity index (χ4n) is 3.78. The van der Waals surface area contributed by atoms with E-state index in [1.807, 2.05) is 24.3 Å². The summed E-state index contributed by atoms with van der Waals surface area (Å²) in [5.74, 6) is -0.876. The Morgan fingerprint density at radius 2 is 1.86 bits per heavy atom. The van der Waals surface area contributed by atoms with Crippen molar-refractivity contribution >= 4 is 27.7 Å². The van der Waals surface area contributed by atoms with E-state index in [4.69, 9.17) is 19.6 Å². The van der Waals surface area contributed by atoms with E-state index < -0.39 is 23.1 Å². The summed E-state index contributed by atoms with van der Waals surface area (Å²) >= 11 is 3.41. The van der Waals surface area contributed by atoms with Gasteiger partial charge in [0.05, 0.1) is 6.61 Å². The van der Waals surface area contributed by atoms with Crippen LogP contribution in [0.4, 0.5) is 8.78 Å². The molecular formula is C27H25BrF2N2O4. The van der Waals surface area contributed by atoms with E-state index in [1.54, 1.807) is 24.3 Å². The van der Waals surface area contributed by atoms with Crippen molar-refractivity contribution in [1.82, 2.24) is 5.32 Å². The van der Waals surface area contributed by atoms with E-state index in [0.717, 1.165) is 22.2 Å². The maximum Gasteiger partial charge on any atom is 0.252 e. The number of aliphatic hydroxyl groups is 1. The molecule has 0 bridgehead atoms. The maximum absolute atomic E-state index is 14.1. The SMILES string of the molecule is O=C(NCc1ccc(F)cc1F)[C@@]1(Cc2ccc(Br)cc2)COC(c2ccc(OCCCO)cc2)=N1. The van der Waals surface area contributed by atoms with Crippen molar-refractivity contribution < 1.29 is 28.2 Å². The van der Waals surface area contributed by atoms with E-state index in [-0.39, 0.29) is 31.7 Å². The van der Waals surface area contributed by atoms with Crippen LogP contribution < -0.4 is 10.1 Å². The van der Waals surface area contributed by atoms with Gasteiger partial charge in [-0.2, -0.15) is 0 Å². The van der Waals surface area contributed by atoms with E-state index in [0.29, 0.717) is 30.2 Å². The van der Waals surface area contributed by atoms with Gasteiger partial charge in [-0.1, -0.05) is 34.1 Å². The molecule has 1 amide bonds. The summed E-state index contributed by atoms with van der Waals surface area (Å²) in [6.45, 7) is 0.347. The zero-order valence-corrected chi connectivity index (χ0v) is 20.9. The number of carbonyl (C=O) groups excluding carboxylic acids is 1. The van der Waals surface area contributed by atoms with Gasteiger partial charge in [-0.25, -0.2) is 13.8 Å². The monoisotopic (exact) mass is 558 g/mol. The van der Waals surface area contributed by atoms with Crippen LogP contribution in [0.25, 0.3) is 0 Å². The van der Waals surface area contributed by atoms with E-state index in [1.165, 1.54) is 6.07 Å². The van der Waals surface area contributed by atoms with Crippen LogP contribution in [-0.2, 0) is 22.5 Å².